The van der Waals surface area contributed by atoms with Crippen LogP contribution in [0.15, 0.2) is 66.9 Å². The number of pyridine rings is 1. The van der Waals surface area contributed by atoms with E-state index in [0.717, 1.165) is 54.6 Å². The van der Waals surface area contributed by atoms with Crippen LogP contribution in [-0.2, 0) is 17.8 Å². The normalized spacial score (nSPS) is 14.7. The molecule has 2 aromatic carbocycles. The molecule has 1 aliphatic heterocycles. The monoisotopic (exact) mass is 442 g/mol. The highest BCUT2D eigenvalue weighted by Gasteiger charge is 2.24. The van der Waals surface area contributed by atoms with Crippen LogP contribution in [0, 0.1) is 18.7 Å². The summed E-state index contributed by atoms with van der Waals surface area (Å²) in [4.78, 5) is 19.5. The molecule has 1 saturated heterocycles. The lowest BCUT2D eigenvalue weighted by Crippen LogP contribution is -2.40. The molecule has 5 rings (SSSR count). The summed E-state index contributed by atoms with van der Waals surface area (Å²) in [6.45, 7) is 3.66. The second-order valence-electron chi connectivity index (χ2n) is 8.82. The summed E-state index contributed by atoms with van der Waals surface area (Å²) in [7, 11) is 0. The van der Waals surface area contributed by atoms with Gasteiger partial charge in [0, 0.05) is 24.7 Å². The minimum atomic E-state index is -0.269. The molecule has 0 unspecified atom stereocenters. The number of carbonyl (C=O) groups excluding carboxylic acids is 1. The topological polar surface area (TPSA) is 51.0 Å². The molecule has 0 atom stereocenters. The van der Waals surface area contributed by atoms with E-state index < -0.39 is 0 Å². The van der Waals surface area contributed by atoms with Gasteiger partial charge in [-0.1, -0.05) is 42.5 Å². The Morgan fingerprint density at radius 2 is 1.76 bits per heavy atom. The Labute approximate surface area is 192 Å². The van der Waals surface area contributed by atoms with Crippen molar-refractivity contribution in [2.45, 2.75) is 32.7 Å². The van der Waals surface area contributed by atoms with Crippen LogP contribution in [-0.4, -0.2) is 38.7 Å². The first-order valence-electron chi connectivity index (χ1n) is 11.5. The van der Waals surface area contributed by atoms with Crippen LogP contribution in [0.25, 0.3) is 22.2 Å². The molecule has 0 aliphatic carbocycles. The van der Waals surface area contributed by atoms with E-state index in [2.05, 4.69) is 34.3 Å². The lowest BCUT2D eigenvalue weighted by atomic mass is 9.90. The van der Waals surface area contributed by atoms with Crippen molar-refractivity contribution in [1.29, 1.82) is 0 Å². The Morgan fingerprint density at radius 3 is 2.48 bits per heavy atom. The van der Waals surface area contributed by atoms with Crippen molar-refractivity contribution in [2.24, 2.45) is 5.92 Å². The molecule has 1 amide bonds. The molecular weight excluding hydrogens is 415 g/mol. The predicted molar refractivity (Wildman–Crippen MR) is 127 cm³/mol. The molecule has 5 nitrogen and oxygen atoms in total. The second-order valence-corrected chi connectivity index (χ2v) is 8.82. The van der Waals surface area contributed by atoms with Crippen LogP contribution in [0.5, 0.6) is 0 Å². The SMILES string of the molecule is Cc1nn(CC(=O)N2CCC(Cc3ccccc3)CC2)c2nccc(-c3ccc(F)cc3)c12. The second kappa shape index (κ2) is 9.14. The number of nitrogens with zero attached hydrogens (tertiary/aromatic N) is 4. The number of carbonyl (C=O) groups is 1. The van der Waals surface area contributed by atoms with Crippen LogP contribution in [0.1, 0.15) is 24.1 Å². The maximum absolute atomic E-state index is 13.4. The Balaban J connectivity index is 1.29. The van der Waals surface area contributed by atoms with Gasteiger partial charge in [-0.05, 0) is 67.0 Å². The zero-order valence-corrected chi connectivity index (χ0v) is 18.7. The van der Waals surface area contributed by atoms with E-state index in [1.54, 1.807) is 23.0 Å². The fourth-order valence-corrected chi connectivity index (χ4v) is 4.82. The number of likely N-dealkylation sites (tertiary alicyclic amines) is 1. The largest absolute Gasteiger partial charge is 0.341 e. The van der Waals surface area contributed by atoms with Crippen LogP contribution in [0.2, 0.25) is 0 Å². The van der Waals surface area contributed by atoms with Gasteiger partial charge in [0.25, 0.3) is 0 Å². The van der Waals surface area contributed by atoms with E-state index in [9.17, 15) is 9.18 Å². The number of aromatic nitrogens is 3. The van der Waals surface area contributed by atoms with Crippen molar-refractivity contribution < 1.29 is 9.18 Å². The van der Waals surface area contributed by atoms with Gasteiger partial charge in [0.1, 0.15) is 12.4 Å². The highest BCUT2D eigenvalue weighted by molar-refractivity contribution is 5.95. The number of amides is 1. The van der Waals surface area contributed by atoms with Crippen molar-refractivity contribution in [3.63, 3.8) is 0 Å². The molecule has 0 saturated carbocycles. The zero-order valence-electron chi connectivity index (χ0n) is 18.7. The van der Waals surface area contributed by atoms with Crippen molar-refractivity contribution in [2.75, 3.05) is 13.1 Å². The number of piperidine rings is 1. The molecule has 2 aromatic heterocycles. The molecule has 0 radical (unpaired) electrons. The highest BCUT2D eigenvalue weighted by Crippen LogP contribution is 2.30. The molecule has 0 N–H and O–H groups in total. The van der Waals surface area contributed by atoms with Gasteiger partial charge in [-0.3, -0.25) is 4.79 Å². The molecule has 1 aliphatic rings. The standard InChI is InChI=1S/C27H27FN4O/c1-19-26-24(22-7-9-23(28)10-8-22)11-14-29-27(26)32(30-19)18-25(33)31-15-12-21(13-16-31)17-20-5-3-2-4-6-20/h2-11,14,21H,12-13,15-18H2,1H3. The third kappa shape index (κ3) is 4.51. The van der Waals surface area contributed by atoms with Gasteiger partial charge in [-0.25, -0.2) is 14.1 Å². The van der Waals surface area contributed by atoms with E-state index >= 15 is 0 Å². The van der Waals surface area contributed by atoms with E-state index in [4.69, 9.17) is 0 Å². The number of halogens is 1. The van der Waals surface area contributed by atoms with Gasteiger partial charge in [0.15, 0.2) is 5.65 Å². The Hall–Kier alpha value is -3.54. The molecule has 0 bridgehead atoms. The van der Waals surface area contributed by atoms with Crippen LogP contribution < -0.4 is 0 Å². The van der Waals surface area contributed by atoms with Crippen LogP contribution in [0.3, 0.4) is 0 Å². The lowest BCUT2D eigenvalue weighted by molar-refractivity contribution is -0.133. The summed E-state index contributed by atoms with van der Waals surface area (Å²) in [5.41, 5.74) is 4.70. The van der Waals surface area contributed by atoms with Crippen molar-refractivity contribution in [3.05, 3.63) is 83.9 Å². The molecule has 3 heterocycles. The van der Waals surface area contributed by atoms with Crippen molar-refractivity contribution >= 4 is 16.9 Å². The number of aryl methyl sites for hydroxylation is 1. The minimum Gasteiger partial charge on any atom is -0.341 e. The molecule has 168 valence electrons. The van der Waals surface area contributed by atoms with E-state index in [1.165, 1.54) is 17.7 Å². The van der Waals surface area contributed by atoms with Gasteiger partial charge in [0.2, 0.25) is 5.91 Å². The first kappa shape index (κ1) is 21.3. The fourth-order valence-electron chi connectivity index (χ4n) is 4.82. The summed E-state index contributed by atoms with van der Waals surface area (Å²) in [6, 6.07) is 18.9. The maximum Gasteiger partial charge on any atom is 0.244 e. The first-order chi connectivity index (χ1) is 16.1. The van der Waals surface area contributed by atoms with Crippen LogP contribution >= 0.6 is 0 Å². The van der Waals surface area contributed by atoms with Gasteiger partial charge in [0.05, 0.1) is 5.69 Å². The number of hydrogen-bond acceptors (Lipinski definition) is 3. The average Bonchev–Trinajstić information content (AvgIpc) is 3.16. The number of benzene rings is 2. The quantitative estimate of drug-likeness (QED) is 0.436. The number of hydrogen-bond donors (Lipinski definition) is 0. The predicted octanol–water partition coefficient (Wildman–Crippen LogP) is 5.03. The zero-order chi connectivity index (χ0) is 22.8. The fraction of sp³-hybridized carbons (Fsp3) is 0.296. The highest BCUT2D eigenvalue weighted by atomic mass is 19.1. The molecule has 1 fully saturated rings. The maximum atomic E-state index is 13.4. The number of fused-ring (bicyclic) bond motifs is 1. The van der Waals surface area contributed by atoms with Crippen molar-refractivity contribution in [1.82, 2.24) is 19.7 Å². The van der Waals surface area contributed by atoms with Gasteiger partial charge < -0.3 is 4.90 Å². The average molecular weight is 443 g/mol. The van der Waals surface area contributed by atoms with Crippen molar-refractivity contribution in [3.8, 4) is 11.1 Å². The van der Waals surface area contributed by atoms with E-state index in [1.807, 2.05) is 24.0 Å². The third-order valence-electron chi connectivity index (χ3n) is 6.58. The lowest BCUT2D eigenvalue weighted by Gasteiger charge is -2.32. The molecular formula is C27H27FN4O. The molecule has 6 heteroatoms. The smallest absolute Gasteiger partial charge is 0.244 e. The summed E-state index contributed by atoms with van der Waals surface area (Å²) in [6.07, 6.45) is 4.83. The van der Waals surface area contributed by atoms with Gasteiger partial charge in [-0.15, -0.1) is 0 Å². The Kier molecular flexibility index (Phi) is 5.90. The van der Waals surface area contributed by atoms with Gasteiger partial charge in [-0.2, -0.15) is 5.10 Å². The molecule has 0 spiro atoms. The van der Waals surface area contributed by atoms with E-state index in [-0.39, 0.29) is 18.3 Å². The summed E-state index contributed by atoms with van der Waals surface area (Å²) in [5, 5.41) is 5.53. The molecule has 33 heavy (non-hydrogen) atoms. The summed E-state index contributed by atoms with van der Waals surface area (Å²) < 4.78 is 15.1. The minimum absolute atomic E-state index is 0.0755. The molecule has 4 aromatic rings. The van der Waals surface area contributed by atoms with E-state index in [0.29, 0.717) is 11.6 Å². The van der Waals surface area contributed by atoms with Crippen LogP contribution in [0.4, 0.5) is 4.39 Å². The Morgan fingerprint density at radius 1 is 1.03 bits per heavy atom. The summed E-state index contributed by atoms with van der Waals surface area (Å²) in [5.74, 6) is 0.422. The van der Waals surface area contributed by atoms with Gasteiger partial charge >= 0.3 is 0 Å². The Bertz CT molecular complexity index is 1260. The third-order valence-corrected chi connectivity index (χ3v) is 6.58. The first-order valence-corrected chi connectivity index (χ1v) is 11.5. The number of rotatable bonds is 5. The summed E-state index contributed by atoms with van der Waals surface area (Å²) >= 11 is 0.